The van der Waals surface area contributed by atoms with Crippen LogP contribution in [-0.4, -0.2) is 23.3 Å². The number of thiazole rings is 1. The molecule has 0 aliphatic heterocycles. The van der Waals surface area contributed by atoms with Crippen molar-refractivity contribution in [3.05, 3.63) is 11.1 Å². The molecule has 1 atom stereocenters. The number of nitrogens with zero attached hydrogens (tertiary/aromatic N) is 1. The molecule has 1 N–H and O–H groups in total. The molecule has 14 heavy (non-hydrogen) atoms. The lowest BCUT2D eigenvalue weighted by Crippen LogP contribution is -2.22. The molecule has 0 spiro atoms. The van der Waals surface area contributed by atoms with Gasteiger partial charge in [-0.25, -0.2) is 4.98 Å². The SMILES string of the molecule is C#CCNCC(C)Sc1nc(C)cs1. The van der Waals surface area contributed by atoms with Crippen LogP contribution < -0.4 is 5.32 Å². The van der Waals surface area contributed by atoms with E-state index in [-0.39, 0.29) is 0 Å². The minimum absolute atomic E-state index is 0.508. The molecule has 76 valence electrons. The van der Waals surface area contributed by atoms with Gasteiger partial charge in [-0.05, 0) is 6.92 Å². The Labute approximate surface area is 93.5 Å². The largest absolute Gasteiger partial charge is 0.305 e. The number of nitrogens with one attached hydrogen (secondary N) is 1. The lowest BCUT2D eigenvalue weighted by molar-refractivity contribution is 0.748. The zero-order valence-corrected chi connectivity index (χ0v) is 10.0. The zero-order chi connectivity index (χ0) is 10.4. The van der Waals surface area contributed by atoms with Gasteiger partial charge in [0.15, 0.2) is 0 Å². The van der Waals surface area contributed by atoms with Crippen LogP contribution in [0.1, 0.15) is 12.6 Å². The summed E-state index contributed by atoms with van der Waals surface area (Å²) in [7, 11) is 0. The molecule has 0 aliphatic carbocycles. The number of thioether (sulfide) groups is 1. The van der Waals surface area contributed by atoms with Crippen molar-refractivity contribution in [2.24, 2.45) is 0 Å². The lowest BCUT2D eigenvalue weighted by Gasteiger charge is -2.08. The molecule has 0 radical (unpaired) electrons. The molecular weight excluding hydrogens is 212 g/mol. The van der Waals surface area contributed by atoms with Crippen LogP contribution >= 0.6 is 23.1 Å². The summed E-state index contributed by atoms with van der Waals surface area (Å²) in [6.07, 6.45) is 5.14. The molecule has 1 rings (SSSR count). The van der Waals surface area contributed by atoms with Crippen LogP contribution in [0.2, 0.25) is 0 Å². The van der Waals surface area contributed by atoms with E-state index in [4.69, 9.17) is 6.42 Å². The van der Waals surface area contributed by atoms with E-state index in [0.717, 1.165) is 16.6 Å². The molecule has 0 aliphatic rings. The van der Waals surface area contributed by atoms with Gasteiger partial charge in [-0.2, -0.15) is 0 Å². The monoisotopic (exact) mass is 226 g/mol. The van der Waals surface area contributed by atoms with Crippen LogP contribution in [0, 0.1) is 19.3 Å². The van der Waals surface area contributed by atoms with Gasteiger partial charge >= 0.3 is 0 Å². The van der Waals surface area contributed by atoms with Gasteiger partial charge in [0.05, 0.1) is 6.54 Å². The Morgan fingerprint density at radius 1 is 1.79 bits per heavy atom. The van der Waals surface area contributed by atoms with Gasteiger partial charge in [-0.3, -0.25) is 0 Å². The fourth-order valence-corrected chi connectivity index (χ4v) is 3.07. The summed E-state index contributed by atoms with van der Waals surface area (Å²) in [5, 5.41) is 5.76. The zero-order valence-electron chi connectivity index (χ0n) is 8.41. The standard InChI is InChI=1S/C10H14N2S2/c1-4-5-11-6-9(3)14-10-12-8(2)7-13-10/h1,7,9,11H,5-6H2,2-3H3. The summed E-state index contributed by atoms with van der Waals surface area (Å²) in [5.41, 5.74) is 1.10. The van der Waals surface area contributed by atoms with E-state index in [1.807, 2.05) is 6.92 Å². The van der Waals surface area contributed by atoms with Crippen molar-refractivity contribution < 1.29 is 0 Å². The molecule has 0 amide bonds. The fraction of sp³-hybridized carbons (Fsp3) is 0.500. The van der Waals surface area contributed by atoms with Crippen molar-refractivity contribution in [2.75, 3.05) is 13.1 Å². The molecule has 0 fully saturated rings. The number of hydrogen-bond donors (Lipinski definition) is 1. The smallest absolute Gasteiger partial charge is 0.150 e. The number of terminal acetylenes is 1. The Balaban J connectivity index is 2.27. The fourth-order valence-electron chi connectivity index (χ4n) is 0.948. The van der Waals surface area contributed by atoms with Crippen molar-refractivity contribution in [2.45, 2.75) is 23.4 Å². The summed E-state index contributed by atoms with van der Waals surface area (Å²) in [6, 6.07) is 0. The second-order valence-electron chi connectivity index (χ2n) is 3.02. The van der Waals surface area contributed by atoms with Crippen LogP contribution in [0.3, 0.4) is 0 Å². The lowest BCUT2D eigenvalue weighted by atomic mass is 10.4. The van der Waals surface area contributed by atoms with Crippen LogP contribution in [0.25, 0.3) is 0 Å². The van der Waals surface area contributed by atoms with E-state index in [9.17, 15) is 0 Å². The highest BCUT2D eigenvalue weighted by Crippen LogP contribution is 2.25. The van der Waals surface area contributed by atoms with Crippen molar-refractivity contribution in [3.63, 3.8) is 0 Å². The molecule has 0 saturated carbocycles. The molecule has 1 aromatic heterocycles. The minimum Gasteiger partial charge on any atom is -0.305 e. The Morgan fingerprint density at radius 2 is 2.57 bits per heavy atom. The quantitative estimate of drug-likeness (QED) is 0.473. The maximum Gasteiger partial charge on any atom is 0.150 e. The summed E-state index contributed by atoms with van der Waals surface area (Å²) in [5.74, 6) is 2.56. The predicted octanol–water partition coefficient (Wildman–Crippen LogP) is 2.15. The Morgan fingerprint density at radius 3 is 3.14 bits per heavy atom. The minimum atomic E-state index is 0.508. The van der Waals surface area contributed by atoms with Crippen molar-refractivity contribution in [3.8, 4) is 12.3 Å². The summed E-state index contributed by atoms with van der Waals surface area (Å²) >= 11 is 3.49. The third-order valence-electron chi connectivity index (χ3n) is 1.56. The van der Waals surface area contributed by atoms with Crippen LogP contribution in [0.4, 0.5) is 0 Å². The van der Waals surface area contributed by atoms with Gasteiger partial charge in [0, 0.05) is 22.9 Å². The molecule has 1 unspecified atom stereocenters. The first-order chi connectivity index (χ1) is 6.72. The topological polar surface area (TPSA) is 24.9 Å². The molecule has 0 aromatic carbocycles. The van der Waals surface area contributed by atoms with Gasteiger partial charge in [-0.15, -0.1) is 17.8 Å². The highest BCUT2D eigenvalue weighted by atomic mass is 32.2. The van der Waals surface area contributed by atoms with Gasteiger partial charge < -0.3 is 5.32 Å². The van der Waals surface area contributed by atoms with E-state index in [1.165, 1.54) is 0 Å². The van der Waals surface area contributed by atoms with Gasteiger partial charge in [0.2, 0.25) is 0 Å². The van der Waals surface area contributed by atoms with E-state index in [0.29, 0.717) is 11.8 Å². The average molecular weight is 226 g/mol. The third kappa shape index (κ3) is 4.14. The van der Waals surface area contributed by atoms with E-state index in [2.05, 4.69) is 28.5 Å². The van der Waals surface area contributed by atoms with E-state index < -0.39 is 0 Å². The molecule has 1 aromatic rings. The van der Waals surface area contributed by atoms with Crippen LogP contribution in [-0.2, 0) is 0 Å². The summed E-state index contributed by atoms with van der Waals surface area (Å²) < 4.78 is 1.14. The normalized spacial score (nSPS) is 12.4. The Kier molecular flexibility index (Phi) is 5.02. The maximum atomic E-state index is 5.14. The molecule has 1 heterocycles. The number of rotatable bonds is 5. The molecule has 2 nitrogen and oxygen atoms in total. The Bertz CT molecular complexity index is 314. The first-order valence-corrected chi connectivity index (χ1v) is 6.21. The summed E-state index contributed by atoms with van der Waals surface area (Å²) in [6.45, 7) is 5.75. The predicted molar refractivity (Wildman–Crippen MR) is 63.9 cm³/mol. The second kappa shape index (κ2) is 6.07. The molecule has 0 bridgehead atoms. The third-order valence-corrected chi connectivity index (χ3v) is 3.75. The van der Waals surface area contributed by atoms with Crippen molar-refractivity contribution >= 4 is 23.1 Å². The number of aromatic nitrogens is 1. The van der Waals surface area contributed by atoms with Crippen molar-refractivity contribution in [1.82, 2.24) is 10.3 Å². The van der Waals surface area contributed by atoms with Crippen LogP contribution in [0.15, 0.2) is 9.72 Å². The molecule has 4 heteroatoms. The summed E-state index contributed by atoms with van der Waals surface area (Å²) in [4.78, 5) is 4.39. The number of hydrogen-bond acceptors (Lipinski definition) is 4. The first kappa shape index (κ1) is 11.6. The van der Waals surface area contributed by atoms with Gasteiger partial charge in [-0.1, -0.05) is 24.6 Å². The van der Waals surface area contributed by atoms with Crippen LogP contribution in [0.5, 0.6) is 0 Å². The van der Waals surface area contributed by atoms with Gasteiger partial charge in [0.1, 0.15) is 4.34 Å². The maximum absolute atomic E-state index is 5.14. The first-order valence-electron chi connectivity index (χ1n) is 4.45. The molecule has 0 saturated heterocycles. The highest BCUT2D eigenvalue weighted by Gasteiger charge is 2.06. The highest BCUT2D eigenvalue weighted by molar-refractivity contribution is 8.01. The second-order valence-corrected chi connectivity index (χ2v) is 5.56. The van der Waals surface area contributed by atoms with Crippen molar-refractivity contribution in [1.29, 1.82) is 0 Å². The molecular formula is C10H14N2S2. The van der Waals surface area contributed by atoms with E-state index in [1.54, 1.807) is 23.1 Å². The van der Waals surface area contributed by atoms with E-state index >= 15 is 0 Å². The van der Waals surface area contributed by atoms with Gasteiger partial charge in [0.25, 0.3) is 0 Å². The average Bonchev–Trinajstić information content (AvgIpc) is 2.52. The number of aryl methyl sites for hydroxylation is 1. The Hall–Kier alpha value is -0.500.